The maximum atomic E-state index is 12.4. The van der Waals surface area contributed by atoms with E-state index in [-0.39, 0.29) is 23.4 Å². The van der Waals surface area contributed by atoms with Gasteiger partial charge in [0, 0.05) is 6.07 Å². The molecule has 0 spiro atoms. The van der Waals surface area contributed by atoms with Crippen molar-refractivity contribution >= 4 is 5.69 Å². The van der Waals surface area contributed by atoms with E-state index in [0.717, 1.165) is 6.92 Å². The van der Waals surface area contributed by atoms with Crippen LogP contribution in [0, 0.1) is 5.92 Å². The van der Waals surface area contributed by atoms with Crippen LogP contribution in [0.3, 0.4) is 0 Å². The van der Waals surface area contributed by atoms with Crippen LogP contribution in [0.4, 0.5) is 18.9 Å². The van der Waals surface area contributed by atoms with Crippen molar-refractivity contribution in [2.75, 3.05) is 12.3 Å². The van der Waals surface area contributed by atoms with Crippen LogP contribution in [0.2, 0.25) is 0 Å². The van der Waals surface area contributed by atoms with E-state index in [0.29, 0.717) is 6.61 Å². The number of halogens is 3. The molecular weight excluding hydrogens is 261 g/mol. The molecule has 0 saturated heterocycles. The minimum Gasteiger partial charge on any atom is -0.476 e. The minimum absolute atomic E-state index is 0.0839. The predicted octanol–water partition coefficient (Wildman–Crippen LogP) is 3.03. The Hall–Kier alpha value is -1.66. The summed E-state index contributed by atoms with van der Waals surface area (Å²) in [5.74, 6) is 0.165. The van der Waals surface area contributed by atoms with Crippen molar-refractivity contribution in [2.45, 2.75) is 33.1 Å². The highest BCUT2D eigenvalue weighted by molar-refractivity contribution is 5.49. The second-order valence-corrected chi connectivity index (χ2v) is 4.55. The highest BCUT2D eigenvalue weighted by Gasteiger charge is 2.38. The maximum Gasteiger partial charge on any atom is 0.425 e. The van der Waals surface area contributed by atoms with Crippen molar-refractivity contribution in [1.29, 1.82) is 0 Å². The van der Waals surface area contributed by atoms with Gasteiger partial charge in [0.15, 0.2) is 6.10 Å². The van der Waals surface area contributed by atoms with E-state index >= 15 is 0 Å². The number of rotatable bonds is 5. The van der Waals surface area contributed by atoms with Gasteiger partial charge in [-0.05, 0) is 18.9 Å². The molecule has 1 atom stereocenters. The first-order chi connectivity index (χ1) is 8.70. The van der Waals surface area contributed by atoms with Gasteiger partial charge in [0.05, 0.1) is 12.3 Å². The lowest BCUT2D eigenvalue weighted by Crippen LogP contribution is -2.31. The van der Waals surface area contributed by atoms with Crippen LogP contribution in [0.15, 0.2) is 12.1 Å². The zero-order chi connectivity index (χ0) is 14.6. The standard InChI is InChI=1S/C12H17F3N2O2/c1-7(2)6-18-11-9(16)4-5-10(17-11)19-8(3)12(13,14)15/h4-5,7-8H,6,16H2,1-3H3. The molecule has 0 amide bonds. The summed E-state index contributed by atoms with van der Waals surface area (Å²) in [6.45, 7) is 5.15. The molecular formula is C12H17F3N2O2. The third-order valence-corrected chi connectivity index (χ3v) is 2.18. The van der Waals surface area contributed by atoms with Gasteiger partial charge < -0.3 is 15.2 Å². The lowest BCUT2D eigenvalue weighted by Gasteiger charge is -2.17. The topological polar surface area (TPSA) is 57.4 Å². The lowest BCUT2D eigenvalue weighted by atomic mass is 10.2. The summed E-state index contributed by atoms with van der Waals surface area (Å²) in [4.78, 5) is 3.83. The average Bonchev–Trinajstić information content (AvgIpc) is 2.28. The van der Waals surface area contributed by atoms with E-state index in [1.165, 1.54) is 12.1 Å². The molecule has 0 aromatic carbocycles. The zero-order valence-electron chi connectivity index (χ0n) is 11.0. The Morgan fingerprint density at radius 3 is 2.42 bits per heavy atom. The summed E-state index contributed by atoms with van der Waals surface area (Å²) in [6.07, 6.45) is -6.39. The monoisotopic (exact) mass is 278 g/mol. The fourth-order valence-corrected chi connectivity index (χ4v) is 1.11. The second-order valence-electron chi connectivity index (χ2n) is 4.55. The summed E-state index contributed by atoms with van der Waals surface area (Å²) >= 11 is 0. The van der Waals surface area contributed by atoms with E-state index in [1.54, 1.807) is 0 Å². The molecule has 1 aromatic heterocycles. The lowest BCUT2D eigenvalue weighted by molar-refractivity contribution is -0.190. The average molecular weight is 278 g/mol. The Labute approximate surface area is 109 Å². The van der Waals surface area contributed by atoms with Crippen molar-refractivity contribution in [2.24, 2.45) is 5.92 Å². The van der Waals surface area contributed by atoms with Crippen LogP contribution in [-0.2, 0) is 0 Å². The number of hydrogen-bond acceptors (Lipinski definition) is 4. The summed E-state index contributed by atoms with van der Waals surface area (Å²) in [5.41, 5.74) is 5.88. The molecule has 19 heavy (non-hydrogen) atoms. The Balaban J connectivity index is 2.78. The molecule has 108 valence electrons. The maximum absolute atomic E-state index is 12.4. The number of nitrogen functional groups attached to an aromatic ring is 1. The van der Waals surface area contributed by atoms with Gasteiger partial charge in [0.1, 0.15) is 0 Å². The number of nitrogens with zero attached hydrogens (tertiary/aromatic N) is 1. The van der Waals surface area contributed by atoms with Gasteiger partial charge in [-0.1, -0.05) is 13.8 Å². The molecule has 7 heteroatoms. The second kappa shape index (κ2) is 5.99. The molecule has 0 aliphatic rings. The van der Waals surface area contributed by atoms with Gasteiger partial charge in [0.2, 0.25) is 11.8 Å². The van der Waals surface area contributed by atoms with E-state index in [4.69, 9.17) is 15.2 Å². The first kappa shape index (κ1) is 15.4. The Bertz CT molecular complexity index is 422. The van der Waals surface area contributed by atoms with E-state index < -0.39 is 12.3 Å². The molecule has 0 bridgehead atoms. The zero-order valence-corrected chi connectivity index (χ0v) is 11.0. The van der Waals surface area contributed by atoms with Gasteiger partial charge >= 0.3 is 6.18 Å². The van der Waals surface area contributed by atoms with Crippen LogP contribution < -0.4 is 15.2 Å². The SMILES string of the molecule is CC(C)COc1nc(OC(C)C(F)(F)F)ccc1N. The van der Waals surface area contributed by atoms with Crippen LogP contribution in [-0.4, -0.2) is 23.9 Å². The number of anilines is 1. The molecule has 1 heterocycles. The molecule has 0 aliphatic carbocycles. The van der Waals surface area contributed by atoms with Gasteiger partial charge in [-0.15, -0.1) is 0 Å². The normalized spacial score (nSPS) is 13.4. The van der Waals surface area contributed by atoms with Crippen molar-refractivity contribution < 1.29 is 22.6 Å². The van der Waals surface area contributed by atoms with Crippen molar-refractivity contribution in [3.05, 3.63) is 12.1 Å². The number of aromatic nitrogens is 1. The van der Waals surface area contributed by atoms with Crippen LogP contribution in [0.25, 0.3) is 0 Å². The molecule has 1 unspecified atom stereocenters. The summed E-state index contributed by atoms with van der Waals surface area (Å²) in [5, 5.41) is 0. The Morgan fingerprint density at radius 2 is 1.89 bits per heavy atom. The summed E-state index contributed by atoms with van der Waals surface area (Å²) in [7, 11) is 0. The quantitative estimate of drug-likeness (QED) is 0.899. The van der Waals surface area contributed by atoms with Crippen LogP contribution in [0.5, 0.6) is 11.8 Å². The molecule has 0 fully saturated rings. The number of nitrogens with two attached hydrogens (primary N) is 1. The highest BCUT2D eigenvalue weighted by atomic mass is 19.4. The molecule has 0 radical (unpaired) electrons. The molecule has 0 aliphatic heterocycles. The Morgan fingerprint density at radius 1 is 1.26 bits per heavy atom. The molecule has 1 aromatic rings. The largest absolute Gasteiger partial charge is 0.476 e. The third kappa shape index (κ3) is 4.84. The minimum atomic E-state index is -4.44. The van der Waals surface area contributed by atoms with Crippen LogP contribution in [0.1, 0.15) is 20.8 Å². The smallest absolute Gasteiger partial charge is 0.425 e. The molecule has 4 nitrogen and oxygen atoms in total. The number of ether oxygens (including phenoxy) is 2. The van der Waals surface area contributed by atoms with Gasteiger partial charge in [0.25, 0.3) is 0 Å². The van der Waals surface area contributed by atoms with Crippen LogP contribution >= 0.6 is 0 Å². The first-order valence-electron chi connectivity index (χ1n) is 5.83. The van der Waals surface area contributed by atoms with E-state index in [9.17, 15) is 13.2 Å². The fraction of sp³-hybridized carbons (Fsp3) is 0.583. The fourth-order valence-electron chi connectivity index (χ4n) is 1.11. The van der Waals surface area contributed by atoms with Crippen molar-refractivity contribution in [3.8, 4) is 11.8 Å². The van der Waals surface area contributed by atoms with Crippen molar-refractivity contribution in [1.82, 2.24) is 4.98 Å². The third-order valence-electron chi connectivity index (χ3n) is 2.18. The molecule has 0 saturated carbocycles. The number of hydrogen-bond donors (Lipinski definition) is 1. The molecule has 2 N–H and O–H groups in total. The van der Waals surface area contributed by atoms with Gasteiger partial charge in [-0.25, -0.2) is 0 Å². The highest BCUT2D eigenvalue weighted by Crippen LogP contribution is 2.27. The van der Waals surface area contributed by atoms with Gasteiger partial charge in [-0.2, -0.15) is 18.2 Å². The Kier molecular flexibility index (Phi) is 4.85. The first-order valence-corrected chi connectivity index (χ1v) is 5.83. The van der Waals surface area contributed by atoms with Gasteiger partial charge in [-0.3, -0.25) is 0 Å². The van der Waals surface area contributed by atoms with E-state index in [2.05, 4.69) is 4.98 Å². The number of pyridine rings is 1. The predicted molar refractivity (Wildman–Crippen MR) is 65.1 cm³/mol. The molecule has 1 rings (SSSR count). The number of alkyl halides is 3. The van der Waals surface area contributed by atoms with E-state index in [1.807, 2.05) is 13.8 Å². The summed E-state index contributed by atoms with van der Waals surface area (Å²) < 4.78 is 47.1. The summed E-state index contributed by atoms with van der Waals surface area (Å²) in [6, 6.07) is 2.68. The van der Waals surface area contributed by atoms with Crippen molar-refractivity contribution in [3.63, 3.8) is 0 Å².